The number of aromatic nitrogens is 2. The Kier molecular flexibility index (Phi) is 6.72. The second kappa shape index (κ2) is 10.0. The van der Waals surface area contributed by atoms with Crippen LogP contribution in [-0.2, 0) is 11.8 Å². The van der Waals surface area contributed by atoms with Crippen molar-refractivity contribution in [2.24, 2.45) is 7.05 Å². The second-order valence-corrected chi connectivity index (χ2v) is 7.58. The van der Waals surface area contributed by atoms with E-state index < -0.39 is 6.04 Å². The first-order valence-corrected chi connectivity index (χ1v) is 10.5. The zero-order valence-corrected chi connectivity index (χ0v) is 17.8. The van der Waals surface area contributed by atoms with Crippen molar-refractivity contribution >= 4 is 5.91 Å². The third kappa shape index (κ3) is 5.10. The molecule has 0 aliphatic heterocycles. The first-order valence-electron chi connectivity index (χ1n) is 10.5. The summed E-state index contributed by atoms with van der Waals surface area (Å²) in [5, 5.41) is 6.43. The highest BCUT2D eigenvalue weighted by molar-refractivity contribution is 5.79. The van der Waals surface area contributed by atoms with Crippen molar-refractivity contribution in [2.45, 2.75) is 12.1 Å². The van der Waals surface area contributed by atoms with E-state index in [0.29, 0.717) is 5.82 Å². The van der Waals surface area contributed by atoms with Crippen molar-refractivity contribution in [3.63, 3.8) is 0 Å². The molecule has 2 N–H and O–H groups in total. The van der Waals surface area contributed by atoms with Gasteiger partial charge in [-0.15, -0.1) is 0 Å². The lowest BCUT2D eigenvalue weighted by Crippen LogP contribution is -2.39. The molecule has 0 fully saturated rings. The van der Waals surface area contributed by atoms with Gasteiger partial charge in [0.25, 0.3) is 0 Å². The van der Waals surface area contributed by atoms with Crippen LogP contribution in [0, 0.1) is 5.82 Å². The van der Waals surface area contributed by atoms with E-state index in [1.807, 2.05) is 78.5 Å². The van der Waals surface area contributed by atoms with Gasteiger partial charge in [-0.3, -0.25) is 10.1 Å². The van der Waals surface area contributed by atoms with Crippen molar-refractivity contribution in [3.05, 3.63) is 126 Å². The molecule has 0 saturated carbocycles. The zero-order valence-electron chi connectivity index (χ0n) is 17.8. The summed E-state index contributed by atoms with van der Waals surface area (Å²) in [6, 6.07) is 25.5. The van der Waals surface area contributed by atoms with Crippen LogP contribution < -0.4 is 10.6 Å². The van der Waals surface area contributed by atoms with Crippen molar-refractivity contribution in [2.75, 3.05) is 6.54 Å². The van der Waals surface area contributed by atoms with Gasteiger partial charge in [-0.1, -0.05) is 72.8 Å². The summed E-state index contributed by atoms with van der Waals surface area (Å²) < 4.78 is 15.3. The number of benzene rings is 3. The van der Waals surface area contributed by atoms with E-state index in [1.165, 1.54) is 12.1 Å². The number of hydrogen-bond acceptors (Lipinski definition) is 3. The summed E-state index contributed by atoms with van der Waals surface area (Å²) in [6.45, 7) is 0.108. The summed E-state index contributed by atoms with van der Waals surface area (Å²) in [7, 11) is 1.87. The fourth-order valence-corrected chi connectivity index (χ4v) is 3.73. The fourth-order valence-electron chi connectivity index (χ4n) is 3.73. The molecule has 0 spiro atoms. The summed E-state index contributed by atoms with van der Waals surface area (Å²) in [5.41, 5.74) is 2.91. The van der Waals surface area contributed by atoms with E-state index in [4.69, 9.17) is 0 Å². The number of amides is 1. The monoisotopic (exact) mass is 428 g/mol. The molecule has 32 heavy (non-hydrogen) atoms. The van der Waals surface area contributed by atoms with Gasteiger partial charge in [0.1, 0.15) is 17.7 Å². The van der Waals surface area contributed by atoms with Gasteiger partial charge in [0.05, 0.1) is 12.6 Å². The molecule has 1 amide bonds. The molecule has 1 heterocycles. The molecule has 0 bridgehead atoms. The van der Waals surface area contributed by atoms with Gasteiger partial charge in [-0.05, 0) is 28.8 Å². The number of hydrogen-bond donors (Lipinski definition) is 2. The molecule has 0 saturated heterocycles. The minimum Gasteiger partial charge on any atom is -0.341 e. The smallest absolute Gasteiger partial charge is 0.234 e. The van der Waals surface area contributed by atoms with Crippen LogP contribution in [0.1, 0.15) is 34.6 Å². The summed E-state index contributed by atoms with van der Waals surface area (Å²) in [6.07, 6.45) is 3.49. The Hall–Kier alpha value is -3.77. The van der Waals surface area contributed by atoms with Crippen LogP contribution >= 0.6 is 0 Å². The van der Waals surface area contributed by atoms with Crippen LogP contribution in [0.25, 0.3) is 0 Å². The van der Waals surface area contributed by atoms with E-state index in [1.54, 1.807) is 18.3 Å². The normalized spacial score (nSPS) is 12.0. The third-order valence-electron chi connectivity index (χ3n) is 5.36. The predicted octanol–water partition coefficient (Wildman–Crippen LogP) is 4.14. The van der Waals surface area contributed by atoms with Crippen LogP contribution in [0.3, 0.4) is 0 Å². The molecular weight excluding hydrogens is 403 g/mol. The van der Waals surface area contributed by atoms with Crippen molar-refractivity contribution in [1.82, 2.24) is 20.2 Å². The largest absolute Gasteiger partial charge is 0.341 e. The van der Waals surface area contributed by atoms with E-state index in [9.17, 15) is 9.18 Å². The number of imidazole rings is 1. The van der Waals surface area contributed by atoms with Crippen LogP contribution in [0.5, 0.6) is 0 Å². The highest BCUT2D eigenvalue weighted by Crippen LogP contribution is 2.23. The Labute approximate surface area is 186 Å². The van der Waals surface area contributed by atoms with Gasteiger partial charge < -0.3 is 9.88 Å². The molecule has 4 rings (SSSR count). The molecule has 4 aromatic rings. The van der Waals surface area contributed by atoms with Crippen LogP contribution in [0.4, 0.5) is 4.39 Å². The van der Waals surface area contributed by atoms with E-state index in [0.717, 1.165) is 16.7 Å². The van der Waals surface area contributed by atoms with Crippen molar-refractivity contribution in [3.8, 4) is 0 Å². The lowest BCUT2D eigenvalue weighted by atomic mass is 9.99. The molecule has 0 radical (unpaired) electrons. The van der Waals surface area contributed by atoms with Gasteiger partial charge in [-0.2, -0.15) is 0 Å². The summed E-state index contributed by atoms with van der Waals surface area (Å²) in [5.74, 6) is 0.167. The molecule has 6 heteroatoms. The molecule has 0 aliphatic rings. The van der Waals surface area contributed by atoms with E-state index in [-0.39, 0.29) is 24.3 Å². The maximum atomic E-state index is 13.4. The Morgan fingerprint density at radius 2 is 1.44 bits per heavy atom. The number of rotatable bonds is 8. The minimum atomic E-state index is -0.489. The quantitative estimate of drug-likeness (QED) is 0.443. The van der Waals surface area contributed by atoms with E-state index >= 15 is 0 Å². The number of carbonyl (C=O) groups is 1. The third-order valence-corrected chi connectivity index (χ3v) is 5.36. The zero-order chi connectivity index (χ0) is 22.3. The number of halogens is 1. The van der Waals surface area contributed by atoms with Crippen molar-refractivity contribution in [1.29, 1.82) is 0 Å². The lowest BCUT2D eigenvalue weighted by Gasteiger charge is -2.22. The molecular formula is C26H25FN4O. The molecule has 3 aromatic carbocycles. The minimum absolute atomic E-state index is 0.108. The van der Waals surface area contributed by atoms with Crippen LogP contribution in [-0.4, -0.2) is 22.0 Å². The molecule has 1 unspecified atom stereocenters. The summed E-state index contributed by atoms with van der Waals surface area (Å²) >= 11 is 0. The SMILES string of the molecule is Cn1ccnc1C(NC(=O)CNC(c1ccccc1)c1ccccc1)c1ccc(F)cc1. The Morgan fingerprint density at radius 3 is 1.97 bits per heavy atom. The molecule has 5 nitrogen and oxygen atoms in total. The highest BCUT2D eigenvalue weighted by atomic mass is 19.1. The van der Waals surface area contributed by atoms with Gasteiger partial charge >= 0.3 is 0 Å². The lowest BCUT2D eigenvalue weighted by molar-refractivity contribution is -0.120. The van der Waals surface area contributed by atoms with Crippen molar-refractivity contribution < 1.29 is 9.18 Å². The van der Waals surface area contributed by atoms with Gasteiger partial charge in [-0.25, -0.2) is 9.37 Å². The average molecular weight is 429 g/mol. The van der Waals surface area contributed by atoms with Gasteiger partial charge in [0.15, 0.2) is 0 Å². The topological polar surface area (TPSA) is 59.0 Å². The Morgan fingerprint density at radius 1 is 0.875 bits per heavy atom. The van der Waals surface area contributed by atoms with Crippen LogP contribution in [0.15, 0.2) is 97.3 Å². The molecule has 1 atom stereocenters. The van der Waals surface area contributed by atoms with Crippen LogP contribution in [0.2, 0.25) is 0 Å². The molecule has 162 valence electrons. The average Bonchev–Trinajstić information content (AvgIpc) is 3.25. The van der Waals surface area contributed by atoms with E-state index in [2.05, 4.69) is 15.6 Å². The van der Waals surface area contributed by atoms with Gasteiger partial charge in [0, 0.05) is 19.4 Å². The molecule has 1 aromatic heterocycles. The number of nitrogens with zero attached hydrogens (tertiary/aromatic N) is 2. The molecule has 0 aliphatic carbocycles. The highest BCUT2D eigenvalue weighted by Gasteiger charge is 2.22. The number of aryl methyl sites for hydroxylation is 1. The Bertz CT molecular complexity index is 1100. The fraction of sp³-hybridized carbons (Fsp3) is 0.154. The first kappa shape index (κ1) is 21.5. The maximum absolute atomic E-state index is 13.4. The second-order valence-electron chi connectivity index (χ2n) is 7.58. The van der Waals surface area contributed by atoms with Gasteiger partial charge in [0.2, 0.25) is 5.91 Å². The number of nitrogens with one attached hydrogen (secondary N) is 2. The maximum Gasteiger partial charge on any atom is 0.234 e. The number of carbonyl (C=O) groups excluding carboxylic acids is 1. The summed E-state index contributed by atoms with van der Waals surface area (Å²) in [4.78, 5) is 17.4. The standard InChI is InChI=1S/C26H25FN4O/c1-31-17-16-28-26(31)25(21-12-14-22(27)15-13-21)30-23(32)18-29-24(19-8-4-2-5-9-19)20-10-6-3-7-11-20/h2-17,24-25,29H,18H2,1H3,(H,30,32). The predicted molar refractivity (Wildman–Crippen MR) is 122 cm³/mol. The first-order chi connectivity index (χ1) is 15.6. The Balaban J connectivity index is 1.52.